The number of hydrogen-bond donors (Lipinski definition) is 0. The van der Waals surface area contributed by atoms with Gasteiger partial charge in [0.25, 0.3) is 0 Å². The summed E-state index contributed by atoms with van der Waals surface area (Å²) in [6.07, 6.45) is 3.28. The molecule has 21 heavy (non-hydrogen) atoms. The van der Waals surface area contributed by atoms with E-state index in [0.29, 0.717) is 5.78 Å². The van der Waals surface area contributed by atoms with Gasteiger partial charge in [0.05, 0.1) is 11.4 Å². The zero-order valence-electron chi connectivity index (χ0n) is 13.4. The van der Waals surface area contributed by atoms with Crippen molar-refractivity contribution in [1.82, 2.24) is 0 Å². The smallest absolute Gasteiger partial charge is 0.143 e. The van der Waals surface area contributed by atoms with Crippen molar-refractivity contribution in [1.29, 1.82) is 0 Å². The molecule has 0 amide bonds. The quantitative estimate of drug-likeness (QED) is 0.833. The van der Waals surface area contributed by atoms with Crippen LogP contribution in [0.15, 0.2) is 24.3 Å². The highest BCUT2D eigenvalue weighted by Gasteiger charge is 2.38. The molecule has 1 aliphatic heterocycles. The van der Waals surface area contributed by atoms with Crippen molar-refractivity contribution in [2.24, 2.45) is 11.3 Å². The third kappa shape index (κ3) is 2.66. The average molecular weight is 286 g/mol. The van der Waals surface area contributed by atoms with Gasteiger partial charge in [-0.25, -0.2) is 0 Å². The largest absolute Gasteiger partial charge is 0.371 e. The summed E-state index contributed by atoms with van der Waals surface area (Å²) >= 11 is 0. The summed E-state index contributed by atoms with van der Waals surface area (Å²) in [7, 11) is 2.14. The Morgan fingerprint density at radius 3 is 2.67 bits per heavy atom. The SMILES string of the molecule is CN1CCN(CC2CCCC(C)(C)C2=O)c2ccccc21. The predicted molar refractivity (Wildman–Crippen MR) is 88.1 cm³/mol. The van der Waals surface area contributed by atoms with Gasteiger partial charge in [0.1, 0.15) is 5.78 Å². The van der Waals surface area contributed by atoms with Crippen LogP contribution in [0.2, 0.25) is 0 Å². The Labute approximate surface area is 127 Å². The van der Waals surface area contributed by atoms with Crippen molar-refractivity contribution >= 4 is 17.2 Å². The van der Waals surface area contributed by atoms with Crippen LogP contribution < -0.4 is 9.80 Å². The van der Waals surface area contributed by atoms with E-state index in [1.807, 2.05) is 0 Å². The van der Waals surface area contributed by atoms with Crippen LogP contribution in [0, 0.1) is 11.3 Å². The summed E-state index contributed by atoms with van der Waals surface area (Å²) in [6.45, 7) is 7.14. The number of hydrogen-bond acceptors (Lipinski definition) is 3. The lowest BCUT2D eigenvalue weighted by Crippen LogP contribution is -2.46. The van der Waals surface area contributed by atoms with Gasteiger partial charge in [-0.2, -0.15) is 0 Å². The van der Waals surface area contributed by atoms with Crippen LogP contribution in [0.5, 0.6) is 0 Å². The van der Waals surface area contributed by atoms with E-state index >= 15 is 0 Å². The Balaban J connectivity index is 1.80. The van der Waals surface area contributed by atoms with Crippen LogP contribution in [0.25, 0.3) is 0 Å². The molecule has 3 heteroatoms. The number of Topliss-reactive ketones (excluding diaryl/α,β-unsaturated/α-hetero) is 1. The van der Waals surface area contributed by atoms with Crippen LogP contribution in [-0.2, 0) is 4.79 Å². The average Bonchev–Trinajstić information content (AvgIpc) is 2.47. The number of carbonyl (C=O) groups excluding carboxylic acids is 1. The molecule has 1 saturated carbocycles. The highest BCUT2D eigenvalue weighted by Crippen LogP contribution is 2.38. The number of ketones is 1. The number of rotatable bonds is 2. The molecule has 3 rings (SSSR count). The van der Waals surface area contributed by atoms with Gasteiger partial charge < -0.3 is 9.80 Å². The molecular formula is C18H26N2O. The molecule has 114 valence electrons. The van der Waals surface area contributed by atoms with E-state index in [1.165, 1.54) is 17.8 Å². The van der Waals surface area contributed by atoms with E-state index in [9.17, 15) is 4.79 Å². The first kappa shape index (κ1) is 14.4. The first-order valence-corrected chi connectivity index (χ1v) is 8.08. The molecule has 0 radical (unpaired) electrons. The Morgan fingerprint density at radius 1 is 1.19 bits per heavy atom. The van der Waals surface area contributed by atoms with E-state index in [1.54, 1.807) is 0 Å². The molecule has 0 bridgehead atoms. The Hall–Kier alpha value is -1.51. The van der Waals surface area contributed by atoms with E-state index < -0.39 is 0 Å². The lowest BCUT2D eigenvalue weighted by molar-refractivity contribution is -0.133. The van der Waals surface area contributed by atoms with Crippen LogP contribution in [0.1, 0.15) is 33.1 Å². The summed E-state index contributed by atoms with van der Waals surface area (Å²) in [5.74, 6) is 0.662. The Bertz CT molecular complexity index is 538. The highest BCUT2D eigenvalue weighted by atomic mass is 16.1. The van der Waals surface area contributed by atoms with Gasteiger partial charge in [0.15, 0.2) is 0 Å². The van der Waals surface area contributed by atoms with Gasteiger partial charge >= 0.3 is 0 Å². The number of nitrogens with zero attached hydrogens (tertiary/aromatic N) is 2. The molecule has 1 fully saturated rings. The fourth-order valence-electron chi connectivity index (χ4n) is 3.79. The minimum Gasteiger partial charge on any atom is -0.371 e. The maximum absolute atomic E-state index is 12.7. The van der Waals surface area contributed by atoms with E-state index in [0.717, 1.165) is 32.5 Å². The monoisotopic (exact) mass is 286 g/mol. The van der Waals surface area contributed by atoms with Crippen LogP contribution >= 0.6 is 0 Å². The van der Waals surface area contributed by atoms with Gasteiger partial charge in [-0.1, -0.05) is 32.4 Å². The number of likely N-dealkylation sites (N-methyl/N-ethyl adjacent to an activating group) is 1. The maximum Gasteiger partial charge on any atom is 0.143 e. The molecule has 0 saturated heterocycles. The summed E-state index contributed by atoms with van der Waals surface area (Å²) in [5.41, 5.74) is 2.43. The predicted octanol–water partition coefficient (Wildman–Crippen LogP) is 3.34. The molecule has 2 aliphatic rings. The molecule has 3 nitrogen and oxygen atoms in total. The third-order valence-corrected chi connectivity index (χ3v) is 5.17. The second-order valence-electron chi connectivity index (χ2n) is 7.19. The van der Waals surface area contributed by atoms with Crippen molar-refractivity contribution in [2.45, 2.75) is 33.1 Å². The first-order chi connectivity index (χ1) is 9.99. The van der Waals surface area contributed by atoms with E-state index in [2.05, 4.69) is 55.0 Å². The maximum atomic E-state index is 12.7. The normalized spacial score (nSPS) is 24.9. The Kier molecular flexibility index (Phi) is 3.68. The van der Waals surface area contributed by atoms with Crippen LogP contribution in [0.4, 0.5) is 11.4 Å². The van der Waals surface area contributed by atoms with Gasteiger partial charge in [0, 0.05) is 38.0 Å². The molecule has 1 aromatic rings. The molecule has 1 heterocycles. The lowest BCUT2D eigenvalue weighted by atomic mass is 9.71. The minimum atomic E-state index is -0.130. The molecule has 1 aliphatic carbocycles. The fourth-order valence-corrected chi connectivity index (χ4v) is 3.79. The van der Waals surface area contributed by atoms with Crippen LogP contribution in [-0.4, -0.2) is 32.5 Å². The standard InChI is InChI=1S/C18H26N2O/c1-18(2)10-6-7-14(17(18)21)13-20-12-11-19(3)15-8-4-5-9-16(15)20/h4-5,8-9,14H,6-7,10-13H2,1-3H3. The van der Waals surface area contributed by atoms with Gasteiger partial charge in [-0.15, -0.1) is 0 Å². The topological polar surface area (TPSA) is 23.6 Å². The fraction of sp³-hybridized carbons (Fsp3) is 0.611. The van der Waals surface area contributed by atoms with Gasteiger partial charge in [-0.05, 0) is 25.0 Å². The summed E-state index contributed by atoms with van der Waals surface area (Å²) < 4.78 is 0. The third-order valence-electron chi connectivity index (χ3n) is 5.17. The van der Waals surface area contributed by atoms with Crippen LogP contribution in [0.3, 0.4) is 0 Å². The van der Waals surface area contributed by atoms with Crippen molar-refractivity contribution in [3.05, 3.63) is 24.3 Å². The summed E-state index contributed by atoms with van der Waals surface area (Å²) in [5, 5.41) is 0. The number of benzene rings is 1. The van der Waals surface area contributed by atoms with Crippen molar-refractivity contribution in [3.8, 4) is 0 Å². The molecule has 1 atom stereocenters. The lowest BCUT2D eigenvalue weighted by Gasteiger charge is -2.41. The molecule has 0 aromatic heterocycles. The molecular weight excluding hydrogens is 260 g/mol. The molecule has 0 spiro atoms. The zero-order valence-corrected chi connectivity index (χ0v) is 13.4. The van der Waals surface area contributed by atoms with Crippen molar-refractivity contribution < 1.29 is 4.79 Å². The number of carbonyl (C=O) groups is 1. The second-order valence-corrected chi connectivity index (χ2v) is 7.19. The first-order valence-electron chi connectivity index (χ1n) is 8.08. The summed E-state index contributed by atoms with van der Waals surface area (Å²) in [6, 6.07) is 8.54. The molecule has 0 N–H and O–H groups in total. The number of anilines is 2. The van der Waals surface area contributed by atoms with Gasteiger partial charge in [-0.3, -0.25) is 4.79 Å². The molecule has 1 unspecified atom stereocenters. The minimum absolute atomic E-state index is 0.130. The van der Waals surface area contributed by atoms with Crippen molar-refractivity contribution in [3.63, 3.8) is 0 Å². The number of para-hydroxylation sites is 2. The number of fused-ring (bicyclic) bond motifs is 1. The van der Waals surface area contributed by atoms with E-state index in [4.69, 9.17) is 0 Å². The van der Waals surface area contributed by atoms with E-state index in [-0.39, 0.29) is 11.3 Å². The Morgan fingerprint density at radius 2 is 1.90 bits per heavy atom. The highest BCUT2D eigenvalue weighted by molar-refractivity contribution is 5.88. The molecule has 1 aromatic carbocycles. The van der Waals surface area contributed by atoms with Gasteiger partial charge in [0.2, 0.25) is 0 Å². The summed E-state index contributed by atoms with van der Waals surface area (Å²) in [4.78, 5) is 17.4. The zero-order chi connectivity index (χ0) is 15.0. The van der Waals surface area contributed by atoms with Crippen molar-refractivity contribution in [2.75, 3.05) is 36.5 Å². The second kappa shape index (κ2) is 5.36.